The molecule has 320 valence electrons. The maximum atomic E-state index is 13.2. The molecule has 3 aliphatic carbocycles. The summed E-state index contributed by atoms with van der Waals surface area (Å²) in [7, 11) is 5.01. The third kappa shape index (κ3) is 6.98. The molecule has 7 N–H and O–H groups in total. The molecular weight excluding hydrogens is 803 g/mol. The molecule has 0 radical (unpaired) electrons. The Kier molecular flexibility index (Phi) is 11.4. The van der Waals surface area contributed by atoms with Crippen LogP contribution in [0, 0.1) is 11.8 Å². The topological polar surface area (TPSA) is 174 Å². The number of hydrogen-bond acceptors (Lipinski definition) is 12. The number of nitrogens with one attached hydrogen (secondary N) is 1. The minimum atomic E-state index is -1.50. The van der Waals surface area contributed by atoms with Crippen molar-refractivity contribution in [2.45, 2.75) is 98.8 Å². The van der Waals surface area contributed by atoms with Gasteiger partial charge in [-0.15, -0.1) is 0 Å². The van der Waals surface area contributed by atoms with Gasteiger partial charge in [-0.3, -0.25) is 0 Å². The van der Waals surface area contributed by atoms with Gasteiger partial charge in [0.05, 0.1) is 26.9 Å². The lowest BCUT2D eigenvalue weighted by Crippen LogP contribution is -2.57. The number of H-pyrrole nitrogens is 1. The Morgan fingerprint density at radius 1 is 0.950 bits per heavy atom. The van der Waals surface area contributed by atoms with Crippen molar-refractivity contribution in [1.29, 1.82) is 0 Å². The van der Waals surface area contributed by atoms with Crippen molar-refractivity contribution in [3.05, 3.63) is 82.7 Å². The number of aromatic nitrogens is 1. The van der Waals surface area contributed by atoms with E-state index in [1.807, 2.05) is 35.2 Å². The molecule has 0 spiro atoms. The van der Waals surface area contributed by atoms with E-state index in [2.05, 4.69) is 37.2 Å². The highest BCUT2D eigenvalue weighted by Gasteiger charge is 2.60. The molecule has 11 nitrogen and oxygen atoms in total. The van der Waals surface area contributed by atoms with Crippen molar-refractivity contribution in [3.8, 4) is 51.4 Å². The van der Waals surface area contributed by atoms with Gasteiger partial charge in [-0.05, 0) is 115 Å². The lowest BCUT2D eigenvalue weighted by atomic mass is 9.61. The van der Waals surface area contributed by atoms with Crippen LogP contribution in [-0.4, -0.2) is 85.8 Å². The summed E-state index contributed by atoms with van der Waals surface area (Å²) >= 11 is 0. The van der Waals surface area contributed by atoms with E-state index in [-0.39, 0.29) is 70.5 Å². The average Bonchev–Trinajstić information content (AvgIpc) is 3.78. The van der Waals surface area contributed by atoms with Crippen molar-refractivity contribution >= 4 is 27.2 Å². The highest BCUT2D eigenvalue weighted by Crippen LogP contribution is 2.66. The molecule has 8 atom stereocenters. The number of hydrogen-bond donors (Lipinski definition) is 7. The molecule has 1 fully saturated rings. The number of ether oxygens (including phenoxy) is 4. The minimum Gasteiger partial charge on any atom is -0.508 e. The third-order valence-corrected chi connectivity index (χ3v) is 16.8. The van der Waals surface area contributed by atoms with Crippen LogP contribution in [0.4, 0.5) is 0 Å². The van der Waals surface area contributed by atoms with Crippen LogP contribution >= 0.6 is 21.6 Å². The number of rotatable bonds is 11. The summed E-state index contributed by atoms with van der Waals surface area (Å²) in [6, 6.07) is 10.9. The highest BCUT2D eigenvalue weighted by molar-refractivity contribution is 8.77. The number of aliphatic hydroxyl groups is 3. The summed E-state index contributed by atoms with van der Waals surface area (Å²) in [5.74, 6) is -0.0713. The zero-order valence-corrected chi connectivity index (χ0v) is 35.9. The summed E-state index contributed by atoms with van der Waals surface area (Å²) in [4.78, 5) is 3.23. The molecule has 13 heteroatoms. The molecule has 9 rings (SSSR count). The number of methoxy groups -OCH3 is 1. The van der Waals surface area contributed by atoms with E-state index in [1.165, 1.54) is 18.2 Å². The van der Waals surface area contributed by atoms with Gasteiger partial charge in [0, 0.05) is 57.5 Å². The van der Waals surface area contributed by atoms with Crippen LogP contribution in [0.25, 0.3) is 16.7 Å². The molecule has 60 heavy (non-hydrogen) atoms. The van der Waals surface area contributed by atoms with Gasteiger partial charge in [-0.1, -0.05) is 47.6 Å². The number of allylic oxidation sites excluding steroid dienone is 1. The molecule has 0 amide bonds. The quantitative estimate of drug-likeness (QED) is 0.0717. The highest BCUT2D eigenvalue weighted by atomic mass is 33.1. The molecule has 3 heterocycles. The SMILES string of the molecule is COc1c(O)c(OCCC(C)C)cc(C23CCC4SSC5C=C(c6cc[nH]c6)CC(CCC6c7cc(O)ccc7-c7c(OCCO)cc(c(c7C6CO)C4C2O)O3)C5)c1O. The summed E-state index contributed by atoms with van der Waals surface area (Å²) in [6.45, 7) is 4.06. The molecule has 3 aromatic carbocycles. The normalized spacial score (nSPS) is 27.8. The monoisotopic (exact) mass is 857 g/mol. The van der Waals surface area contributed by atoms with Crippen molar-refractivity contribution < 1.29 is 49.6 Å². The van der Waals surface area contributed by atoms with Crippen molar-refractivity contribution in [2.24, 2.45) is 11.8 Å². The molecule has 0 saturated heterocycles. The van der Waals surface area contributed by atoms with E-state index in [0.29, 0.717) is 42.8 Å². The summed E-state index contributed by atoms with van der Waals surface area (Å²) in [6.07, 6.45) is 10.5. The average molecular weight is 858 g/mol. The standard InChI is InChI=1S/C47H55NO10S2/c1-24(2)10-14-56-37-20-34(43(52)45(55-3)44(37)53)47-11-8-38-42(46(47)54)41-36(58-47)21-35(57-15-13-49)39-31-7-5-28(51)19-32(31)30(33(23-50)40(39)41)6-4-25-16-27(26-9-12-48-22-26)18-29(17-25)59-60-38/h5,7,9,12,18-22,24-25,29-30,33,38,42,46,48-54H,4,6,8,10-11,13-17,23H2,1-3H3. The van der Waals surface area contributed by atoms with E-state index in [1.54, 1.807) is 22.9 Å². The largest absolute Gasteiger partial charge is 0.508 e. The predicted octanol–water partition coefficient (Wildman–Crippen LogP) is 8.71. The van der Waals surface area contributed by atoms with Gasteiger partial charge in [-0.2, -0.15) is 0 Å². The fourth-order valence-electron chi connectivity index (χ4n) is 10.7. The third-order valence-electron chi connectivity index (χ3n) is 13.5. The number of fused-ring (bicyclic) bond motifs is 7. The first-order chi connectivity index (χ1) is 29.1. The van der Waals surface area contributed by atoms with Crippen molar-refractivity contribution in [1.82, 2.24) is 4.98 Å². The van der Waals surface area contributed by atoms with Crippen LogP contribution in [0.3, 0.4) is 0 Å². The molecule has 1 saturated carbocycles. The van der Waals surface area contributed by atoms with E-state index >= 15 is 0 Å². The zero-order valence-electron chi connectivity index (χ0n) is 34.2. The Labute approximate surface area is 358 Å². The Morgan fingerprint density at radius 2 is 1.78 bits per heavy atom. The smallest absolute Gasteiger partial charge is 0.207 e. The molecule has 1 aromatic heterocycles. The van der Waals surface area contributed by atoms with Crippen LogP contribution < -0.4 is 18.9 Å². The number of aliphatic hydroxyl groups excluding tert-OH is 3. The van der Waals surface area contributed by atoms with Crippen LogP contribution in [0.2, 0.25) is 0 Å². The number of aromatic amines is 1. The van der Waals surface area contributed by atoms with E-state index < -0.39 is 23.5 Å². The molecular formula is C47H55NO10S2. The van der Waals surface area contributed by atoms with Crippen LogP contribution in [0.15, 0.2) is 54.9 Å². The van der Waals surface area contributed by atoms with Crippen molar-refractivity contribution in [3.63, 3.8) is 0 Å². The van der Waals surface area contributed by atoms with Gasteiger partial charge in [0.2, 0.25) is 11.5 Å². The Morgan fingerprint density at radius 3 is 2.53 bits per heavy atom. The summed E-state index contributed by atoms with van der Waals surface area (Å²) in [5, 5.41) is 69.1. The first kappa shape index (κ1) is 41.2. The lowest BCUT2D eigenvalue weighted by molar-refractivity contribution is -0.112. The Balaban J connectivity index is 1.27. The van der Waals surface area contributed by atoms with Gasteiger partial charge < -0.3 is 54.6 Å². The lowest BCUT2D eigenvalue weighted by Gasteiger charge is -2.54. The Bertz CT molecular complexity index is 2260. The first-order valence-electron chi connectivity index (χ1n) is 21.2. The molecule has 4 aromatic rings. The molecule has 5 aliphatic rings. The number of benzene rings is 3. The molecule has 8 unspecified atom stereocenters. The zero-order chi connectivity index (χ0) is 41.9. The first-order valence-corrected chi connectivity index (χ1v) is 23.5. The van der Waals surface area contributed by atoms with Gasteiger partial charge in [0.15, 0.2) is 17.1 Å². The maximum Gasteiger partial charge on any atom is 0.207 e. The van der Waals surface area contributed by atoms with E-state index in [0.717, 1.165) is 59.9 Å². The second-order valence-corrected chi connectivity index (χ2v) is 20.2. The van der Waals surface area contributed by atoms with E-state index in [9.17, 15) is 30.6 Å². The number of aromatic hydroxyl groups is 3. The van der Waals surface area contributed by atoms with Gasteiger partial charge in [0.25, 0.3) is 0 Å². The maximum absolute atomic E-state index is 13.2. The van der Waals surface area contributed by atoms with Crippen LogP contribution in [0.5, 0.6) is 40.2 Å². The summed E-state index contributed by atoms with van der Waals surface area (Å²) < 4.78 is 25.3. The van der Waals surface area contributed by atoms with Crippen LogP contribution in [0.1, 0.15) is 104 Å². The number of phenolic OH excluding ortho intramolecular Hbond substituents is 3. The Hall–Kier alpha value is -4.14. The second kappa shape index (κ2) is 16.6. The van der Waals surface area contributed by atoms with E-state index in [4.69, 9.17) is 18.9 Å². The predicted molar refractivity (Wildman–Crippen MR) is 234 cm³/mol. The van der Waals surface area contributed by atoms with Gasteiger partial charge in [0.1, 0.15) is 30.0 Å². The van der Waals surface area contributed by atoms with Crippen molar-refractivity contribution in [2.75, 3.05) is 33.5 Å². The minimum absolute atomic E-state index is 0.00471. The fourth-order valence-corrected chi connectivity index (χ4v) is 14.1. The second-order valence-electron chi connectivity index (χ2n) is 17.4. The fraction of sp³-hybridized carbons (Fsp3) is 0.489. The molecule has 2 aliphatic heterocycles. The molecule has 6 bridgehead atoms. The summed E-state index contributed by atoms with van der Waals surface area (Å²) in [5.41, 5.74) is 5.47. The van der Waals surface area contributed by atoms with Crippen LogP contribution in [-0.2, 0) is 5.60 Å². The van der Waals surface area contributed by atoms with Gasteiger partial charge >= 0.3 is 0 Å². The van der Waals surface area contributed by atoms with Gasteiger partial charge in [-0.25, -0.2) is 0 Å². The number of phenols is 3.